The predicted molar refractivity (Wildman–Crippen MR) is 71.9 cm³/mol. The Morgan fingerprint density at radius 2 is 2.00 bits per heavy atom. The molecule has 0 unspecified atom stereocenters. The summed E-state index contributed by atoms with van der Waals surface area (Å²) in [5, 5.41) is 0.940. The minimum atomic E-state index is 0.166. The lowest BCUT2D eigenvalue weighted by Gasteiger charge is -2.22. The molecule has 0 heterocycles. The van der Waals surface area contributed by atoms with Crippen LogP contribution in [-0.4, -0.2) is 11.9 Å². The largest absolute Gasteiger partial charge is 0.493 e. The second kappa shape index (κ2) is 5.35. The van der Waals surface area contributed by atoms with Gasteiger partial charge in [0.1, 0.15) is 5.75 Å². The smallest absolute Gasteiger partial charge is 0.122 e. The first-order chi connectivity index (χ1) is 6.94. The monoisotopic (exact) mass is 334 g/mol. The fraction of sp³-hybridized carbons (Fsp3) is 0.500. The average molecular weight is 336 g/mol. The summed E-state index contributed by atoms with van der Waals surface area (Å²) in [5.74, 6) is 0.965. The Labute approximate surface area is 108 Å². The van der Waals surface area contributed by atoms with Gasteiger partial charge in [0.15, 0.2) is 0 Å². The maximum Gasteiger partial charge on any atom is 0.122 e. The lowest BCUT2D eigenvalue weighted by atomic mass is 9.98. The molecule has 0 saturated carbocycles. The standard InChI is InChI=1S/C12H16Br2O/c1-9-6-10(14)4-5-11(9)15-8-12(2,3)7-13/h4-6H,7-8H2,1-3H3. The molecule has 0 spiro atoms. The van der Waals surface area contributed by atoms with Crippen LogP contribution in [-0.2, 0) is 0 Å². The zero-order valence-electron chi connectivity index (χ0n) is 9.31. The van der Waals surface area contributed by atoms with Crippen molar-refractivity contribution in [3.8, 4) is 5.75 Å². The molecule has 0 atom stereocenters. The van der Waals surface area contributed by atoms with Crippen molar-refractivity contribution in [1.82, 2.24) is 0 Å². The highest BCUT2D eigenvalue weighted by molar-refractivity contribution is 9.10. The number of hydrogen-bond acceptors (Lipinski definition) is 1. The van der Waals surface area contributed by atoms with Crippen LogP contribution in [0.25, 0.3) is 0 Å². The topological polar surface area (TPSA) is 9.23 Å². The molecule has 1 nitrogen and oxygen atoms in total. The molecule has 0 aliphatic rings. The summed E-state index contributed by atoms with van der Waals surface area (Å²) in [7, 11) is 0. The van der Waals surface area contributed by atoms with Gasteiger partial charge in [-0.1, -0.05) is 45.7 Å². The van der Waals surface area contributed by atoms with E-state index in [9.17, 15) is 0 Å². The molecule has 0 aliphatic heterocycles. The maximum atomic E-state index is 5.80. The van der Waals surface area contributed by atoms with E-state index in [0.717, 1.165) is 27.7 Å². The van der Waals surface area contributed by atoms with Gasteiger partial charge in [-0.3, -0.25) is 0 Å². The molecular formula is C12H16Br2O. The first-order valence-corrected chi connectivity index (χ1v) is 6.81. The number of aryl methyl sites for hydroxylation is 1. The molecule has 84 valence electrons. The highest BCUT2D eigenvalue weighted by Crippen LogP contribution is 2.25. The second-order valence-electron chi connectivity index (χ2n) is 4.50. The van der Waals surface area contributed by atoms with Gasteiger partial charge in [0, 0.05) is 15.2 Å². The van der Waals surface area contributed by atoms with Crippen LogP contribution in [0.15, 0.2) is 22.7 Å². The summed E-state index contributed by atoms with van der Waals surface area (Å²) < 4.78 is 6.89. The van der Waals surface area contributed by atoms with E-state index < -0.39 is 0 Å². The third-order valence-electron chi connectivity index (χ3n) is 2.12. The van der Waals surface area contributed by atoms with E-state index in [1.165, 1.54) is 0 Å². The molecule has 0 N–H and O–H groups in total. The Hall–Kier alpha value is -0.0200. The zero-order valence-corrected chi connectivity index (χ0v) is 12.5. The van der Waals surface area contributed by atoms with Crippen LogP contribution in [0.2, 0.25) is 0 Å². The van der Waals surface area contributed by atoms with Crippen molar-refractivity contribution < 1.29 is 4.74 Å². The molecule has 1 aromatic rings. The molecule has 15 heavy (non-hydrogen) atoms. The van der Waals surface area contributed by atoms with Gasteiger partial charge in [0.2, 0.25) is 0 Å². The summed E-state index contributed by atoms with van der Waals surface area (Å²) in [6.07, 6.45) is 0. The fourth-order valence-corrected chi connectivity index (χ4v) is 1.72. The normalized spacial score (nSPS) is 11.5. The number of alkyl halides is 1. The van der Waals surface area contributed by atoms with Gasteiger partial charge in [-0.15, -0.1) is 0 Å². The van der Waals surface area contributed by atoms with Crippen molar-refractivity contribution in [2.75, 3.05) is 11.9 Å². The lowest BCUT2D eigenvalue weighted by Crippen LogP contribution is -2.23. The van der Waals surface area contributed by atoms with Gasteiger partial charge in [-0.2, -0.15) is 0 Å². The van der Waals surface area contributed by atoms with Crippen LogP contribution in [0.3, 0.4) is 0 Å². The molecule has 0 aliphatic carbocycles. The summed E-state index contributed by atoms with van der Waals surface area (Å²) >= 11 is 6.92. The van der Waals surface area contributed by atoms with Crippen molar-refractivity contribution in [2.24, 2.45) is 5.41 Å². The zero-order chi connectivity index (χ0) is 11.5. The Kier molecular flexibility index (Phi) is 4.65. The van der Waals surface area contributed by atoms with Crippen molar-refractivity contribution >= 4 is 31.9 Å². The van der Waals surface area contributed by atoms with Crippen LogP contribution in [0.1, 0.15) is 19.4 Å². The van der Waals surface area contributed by atoms with Crippen LogP contribution < -0.4 is 4.74 Å². The molecule has 0 bridgehead atoms. The molecule has 1 rings (SSSR count). The Morgan fingerprint density at radius 1 is 1.33 bits per heavy atom. The SMILES string of the molecule is Cc1cc(Br)ccc1OCC(C)(C)CBr. The number of halogens is 2. The molecule has 1 aromatic carbocycles. The summed E-state index contributed by atoms with van der Waals surface area (Å²) in [4.78, 5) is 0. The van der Waals surface area contributed by atoms with Crippen molar-refractivity contribution in [2.45, 2.75) is 20.8 Å². The molecule has 0 amide bonds. The van der Waals surface area contributed by atoms with Crippen molar-refractivity contribution in [3.63, 3.8) is 0 Å². The third-order valence-corrected chi connectivity index (χ3v) is 4.13. The quantitative estimate of drug-likeness (QED) is 0.733. The predicted octanol–water partition coefficient (Wildman–Crippen LogP) is 4.56. The van der Waals surface area contributed by atoms with Crippen molar-refractivity contribution in [3.05, 3.63) is 28.2 Å². The van der Waals surface area contributed by atoms with Crippen molar-refractivity contribution in [1.29, 1.82) is 0 Å². The molecular weight excluding hydrogens is 320 g/mol. The molecule has 0 fully saturated rings. The van der Waals surface area contributed by atoms with E-state index in [1.54, 1.807) is 0 Å². The van der Waals surface area contributed by atoms with E-state index in [-0.39, 0.29) is 5.41 Å². The summed E-state index contributed by atoms with van der Waals surface area (Å²) in [6, 6.07) is 6.07. The van der Waals surface area contributed by atoms with Gasteiger partial charge in [0.25, 0.3) is 0 Å². The molecule has 0 aromatic heterocycles. The van der Waals surface area contributed by atoms with Gasteiger partial charge in [-0.25, -0.2) is 0 Å². The first kappa shape index (κ1) is 13.0. The van der Waals surface area contributed by atoms with Gasteiger partial charge < -0.3 is 4.74 Å². The van der Waals surface area contributed by atoms with Gasteiger partial charge in [0.05, 0.1) is 6.61 Å². The fourth-order valence-electron chi connectivity index (χ4n) is 1.09. The Bertz CT molecular complexity index is 334. The highest BCUT2D eigenvalue weighted by atomic mass is 79.9. The van der Waals surface area contributed by atoms with E-state index in [4.69, 9.17) is 4.74 Å². The lowest BCUT2D eigenvalue weighted by molar-refractivity contribution is 0.202. The number of ether oxygens (including phenoxy) is 1. The average Bonchev–Trinajstić information content (AvgIpc) is 2.16. The Morgan fingerprint density at radius 3 is 2.53 bits per heavy atom. The van der Waals surface area contributed by atoms with Gasteiger partial charge >= 0.3 is 0 Å². The third kappa shape index (κ3) is 4.15. The van der Waals surface area contributed by atoms with Crippen LogP contribution in [0, 0.1) is 12.3 Å². The minimum absolute atomic E-state index is 0.166. The number of hydrogen-bond donors (Lipinski definition) is 0. The summed E-state index contributed by atoms with van der Waals surface area (Å²) in [5.41, 5.74) is 1.33. The van der Waals surface area contributed by atoms with Crippen LogP contribution in [0.5, 0.6) is 5.75 Å². The van der Waals surface area contributed by atoms with E-state index in [1.807, 2.05) is 12.1 Å². The first-order valence-electron chi connectivity index (χ1n) is 4.89. The second-order valence-corrected chi connectivity index (χ2v) is 5.97. The number of rotatable bonds is 4. The van der Waals surface area contributed by atoms with E-state index in [0.29, 0.717) is 0 Å². The maximum absolute atomic E-state index is 5.80. The van der Waals surface area contributed by atoms with Crippen LogP contribution >= 0.6 is 31.9 Å². The Balaban J connectivity index is 2.66. The number of benzene rings is 1. The van der Waals surface area contributed by atoms with Crippen LogP contribution in [0.4, 0.5) is 0 Å². The van der Waals surface area contributed by atoms with E-state index >= 15 is 0 Å². The van der Waals surface area contributed by atoms with Gasteiger partial charge in [-0.05, 0) is 30.7 Å². The van der Waals surface area contributed by atoms with E-state index in [2.05, 4.69) is 58.7 Å². The highest BCUT2D eigenvalue weighted by Gasteiger charge is 2.17. The molecule has 3 heteroatoms. The summed E-state index contributed by atoms with van der Waals surface area (Å²) in [6.45, 7) is 7.13. The molecule has 0 saturated heterocycles. The minimum Gasteiger partial charge on any atom is -0.493 e. The molecule has 0 radical (unpaired) electrons.